The molecule has 1 saturated heterocycles. The highest BCUT2D eigenvalue weighted by Crippen LogP contribution is 2.22. The van der Waals surface area contributed by atoms with Gasteiger partial charge in [-0.2, -0.15) is 5.10 Å². The lowest BCUT2D eigenvalue weighted by Gasteiger charge is -2.21. The fraction of sp³-hybridized carbons (Fsp3) is 0.667. The van der Waals surface area contributed by atoms with Gasteiger partial charge in [0.2, 0.25) is 0 Å². The Bertz CT molecular complexity index is 486. The van der Waals surface area contributed by atoms with E-state index >= 15 is 0 Å². The number of anilines is 1. The Morgan fingerprint density at radius 2 is 2.53 bits per heavy atom. The summed E-state index contributed by atoms with van der Waals surface area (Å²) in [6.45, 7) is 3.53. The zero-order valence-corrected chi connectivity index (χ0v) is 11.6. The smallest absolute Gasteiger partial charge is 0.287 e. The van der Waals surface area contributed by atoms with Crippen molar-refractivity contribution in [1.82, 2.24) is 9.78 Å². The largest absolute Gasteiger partial charge is 0.394 e. The molecule has 1 aliphatic rings. The van der Waals surface area contributed by atoms with Crippen molar-refractivity contribution in [3.05, 3.63) is 21.6 Å². The lowest BCUT2D eigenvalue weighted by atomic mass is 10.0. The van der Waals surface area contributed by atoms with Crippen molar-refractivity contribution < 1.29 is 9.84 Å². The molecule has 2 atom stereocenters. The number of hydrogen-bond donors (Lipinski definition) is 2. The van der Waals surface area contributed by atoms with Gasteiger partial charge in [0, 0.05) is 18.6 Å². The monoisotopic (exact) mass is 287 g/mol. The third-order valence-electron chi connectivity index (χ3n) is 3.35. The van der Waals surface area contributed by atoms with E-state index in [-0.39, 0.29) is 24.2 Å². The molecule has 19 heavy (non-hydrogen) atoms. The third kappa shape index (κ3) is 3.26. The summed E-state index contributed by atoms with van der Waals surface area (Å²) in [6, 6.07) is 0.162. The lowest BCUT2D eigenvalue weighted by molar-refractivity contribution is 0.183. The number of hydrogen-bond acceptors (Lipinski definition) is 5. The van der Waals surface area contributed by atoms with Crippen LogP contribution in [0.2, 0.25) is 5.02 Å². The first kappa shape index (κ1) is 14.3. The van der Waals surface area contributed by atoms with Gasteiger partial charge in [-0.05, 0) is 13.3 Å². The molecule has 0 saturated carbocycles. The van der Waals surface area contributed by atoms with E-state index in [1.54, 1.807) is 0 Å². The molecular weight excluding hydrogens is 270 g/mol. The Hall–Kier alpha value is -1.11. The van der Waals surface area contributed by atoms with E-state index < -0.39 is 5.56 Å². The van der Waals surface area contributed by atoms with Crippen molar-refractivity contribution >= 4 is 17.3 Å². The van der Waals surface area contributed by atoms with E-state index in [2.05, 4.69) is 10.4 Å². The van der Waals surface area contributed by atoms with Crippen molar-refractivity contribution in [1.29, 1.82) is 0 Å². The van der Waals surface area contributed by atoms with Crippen LogP contribution in [0.5, 0.6) is 0 Å². The van der Waals surface area contributed by atoms with Crippen LogP contribution in [-0.4, -0.2) is 40.7 Å². The van der Waals surface area contributed by atoms with Crippen LogP contribution in [0.25, 0.3) is 0 Å². The molecule has 0 amide bonds. The van der Waals surface area contributed by atoms with Crippen LogP contribution in [0.15, 0.2) is 11.0 Å². The summed E-state index contributed by atoms with van der Waals surface area (Å²) in [4.78, 5) is 11.9. The van der Waals surface area contributed by atoms with Gasteiger partial charge in [0.15, 0.2) is 0 Å². The van der Waals surface area contributed by atoms with Gasteiger partial charge in [0.1, 0.15) is 5.02 Å². The normalized spacial score (nSPS) is 20.5. The number of nitrogens with zero attached hydrogens (tertiary/aromatic N) is 2. The van der Waals surface area contributed by atoms with Gasteiger partial charge >= 0.3 is 0 Å². The zero-order chi connectivity index (χ0) is 13.8. The van der Waals surface area contributed by atoms with Crippen molar-refractivity contribution in [3.8, 4) is 0 Å². The predicted molar refractivity (Wildman–Crippen MR) is 72.6 cm³/mol. The van der Waals surface area contributed by atoms with Crippen LogP contribution in [-0.2, 0) is 11.3 Å². The Kier molecular flexibility index (Phi) is 4.79. The van der Waals surface area contributed by atoms with Gasteiger partial charge in [0.05, 0.1) is 31.6 Å². The fourth-order valence-corrected chi connectivity index (χ4v) is 2.33. The highest BCUT2D eigenvalue weighted by molar-refractivity contribution is 6.32. The lowest BCUT2D eigenvalue weighted by Crippen LogP contribution is -2.30. The van der Waals surface area contributed by atoms with Crippen LogP contribution < -0.4 is 10.9 Å². The third-order valence-corrected chi connectivity index (χ3v) is 3.72. The zero-order valence-electron chi connectivity index (χ0n) is 10.8. The molecule has 7 heteroatoms. The van der Waals surface area contributed by atoms with Gasteiger partial charge < -0.3 is 15.2 Å². The van der Waals surface area contributed by atoms with Crippen molar-refractivity contribution in [2.75, 3.05) is 25.1 Å². The minimum absolute atomic E-state index is 0.106. The second-order valence-electron chi connectivity index (χ2n) is 4.68. The Labute approximate surface area is 116 Å². The number of halogens is 1. The number of aromatic nitrogens is 2. The van der Waals surface area contributed by atoms with E-state index in [1.165, 1.54) is 6.20 Å². The SMILES string of the molecule is CC(Nc1cnn(CCO)c(=O)c1Cl)C1CCOC1. The summed E-state index contributed by atoms with van der Waals surface area (Å²) in [5.74, 6) is 0.413. The first-order valence-electron chi connectivity index (χ1n) is 6.34. The van der Waals surface area contributed by atoms with Crippen LogP contribution in [0.4, 0.5) is 5.69 Å². The summed E-state index contributed by atoms with van der Waals surface area (Å²) in [6.07, 6.45) is 2.52. The molecule has 0 radical (unpaired) electrons. The summed E-state index contributed by atoms with van der Waals surface area (Å²) in [5, 5.41) is 16.1. The molecule has 1 fully saturated rings. The van der Waals surface area contributed by atoms with Crippen molar-refractivity contribution in [3.63, 3.8) is 0 Å². The highest BCUT2D eigenvalue weighted by Gasteiger charge is 2.23. The molecule has 6 nitrogen and oxygen atoms in total. The summed E-state index contributed by atoms with van der Waals surface area (Å²) >= 11 is 6.04. The first-order chi connectivity index (χ1) is 9.13. The van der Waals surface area contributed by atoms with Gasteiger partial charge in [-0.25, -0.2) is 4.68 Å². The van der Waals surface area contributed by atoms with Crippen LogP contribution in [0.1, 0.15) is 13.3 Å². The standard InChI is InChI=1S/C12H18ClN3O3/c1-8(9-2-5-19-7-9)15-10-6-14-16(3-4-17)12(18)11(10)13/h6,8-9,15,17H,2-5,7H2,1H3. The van der Waals surface area contributed by atoms with Gasteiger partial charge in [-0.1, -0.05) is 11.6 Å². The highest BCUT2D eigenvalue weighted by atomic mass is 35.5. The average Bonchev–Trinajstić information content (AvgIpc) is 2.92. The molecule has 1 aliphatic heterocycles. The van der Waals surface area contributed by atoms with E-state index in [0.717, 1.165) is 24.3 Å². The van der Waals surface area contributed by atoms with Crippen LogP contribution in [0, 0.1) is 5.92 Å². The van der Waals surface area contributed by atoms with Crippen molar-refractivity contribution in [2.45, 2.75) is 25.9 Å². The molecule has 0 bridgehead atoms. The molecule has 1 aromatic rings. The molecule has 0 aliphatic carbocycles. The van der Waals surface area contributed by atoms with Gasteiger partial charge in [-0.15, -0.1) is 0 Å². The first-order valence-corrected chi connectivity index (χ1v) is 6.72. The maximum atomic E-state index is 11.9. The van der Waals surface area contributed by atoms with Gasteiger partial charge in [-0.3, -0.25) is 4.79 Å². The number of rotatable bonds is 5. The summed E-state index contributed by atoms with van der Waals surface area (Å²) in [7, 11) is 0. The molecule has 2 heterocycles. The molecule has 1 aromatic heterocycles. The van der Waals surface area contributed by atoms with Gasteiger partial charge in [0.25, 0.3) is 5.56 Å². The average molecular weight is 288 g/mol. The van der Waals surface area contributed by atoms with Crippen molar-refractivity contribution in [2.24, 2.45) is 5.92 Å². The Morgan fingerprint density at radius 3 is 3.16 bits per heavy atom. The summed E-state index contributed by atoms with van der Waals surface area (Å²) in [5.41, 5.74) is 0.135. The number of nitrogens with one attached hydrogen (secondary N) is 1. The second kappa shape index (κ2) is 6.36. The molecule has 0 aromatic carbocycles. The van der Waals surface area contributed by atoms with E-state index in [1.807, 2.05) is 6.92 Å². The maximum Gasteiger partial charge on any atom is 0.287 e. The molecule has 2 unspecified atom stereocenters. The number of aliphatic hydroxyl groups excluding tert-OH is 1. The molecular formula is C12H18ClN3O3. The van der Waals surface area contributed by atoms with E-state index in [4.69, 9.17) is 21.4 Å². The number of aliphatic hydroxyl groups is 1. The quantitative estimate of drug-likeness (QED) is 0.835. The Balaban J connectivity index is 2.12. The predicted octanol–water partition coefficient (Wildman–Crippen LogP) is 0.726. The van der Waals surface area contributed by atoms with Crippen LogP contribution in [0.3, 0.4) is 0 Å². The molecule has 2 N–H and O–H groups in total. The minimum Gasteiger partial charge on any atom is -0.394 e. The fourth-order valence-electron chi connectivity index (χ4n) is 2.13. The Morgan fingerprint density at radius 1 is 1.74 bits per heavy atom. The topological polar surface area (TPSA) is 76.4 Å². The molecule has 106 valence electrons. The number of ether oxygens (including phenoxy) is 1. The second-order valence-corrected chi connectivity index (χ2v) is 5.06. The van der Waals surface area contributed by atoms with E-state index in [0.29, 0.717) is 11.6 Å². The van der Waals surface area contributed by atoms with Crippen LogP contribution >= 0.6 is 11.6 Å². The van der Waals surface area contributed by atoms with E-state index in [9.17, 15) is 4.79 Å². The summed E-state index contributed by atoms with van der Waals surface area (Å²) < 4.78 is 6.49. The molecule has 0 spiro atoms. The molecule has 2 rings (SSSR count). The maximum absolute atomic E-state index is 11.9. The minimum atomic E-state index is -0.393.